The maximum Gasteiger partial charge on any atom is 0.256 e. The van der Waals surface area contributed by atoms with Gasteiger partial charge in [0.05, 0.1) is 5.41 Å². The largest absolute Gasteiger partial charge is 0.280 e. The molecule has 0 spiro atoms. The van der Waals surface area contributed by atoms with Crippen molar-refractivity contribution in [1.82, 2.24) is 10.2 Å². The zero-order valence-electron chi connectivity index (χ0n) is 11.4. The van der Waals surface area contributed by atoms with Crippen LogP contribution in [0.25, 0.3) is 6.08 Å². The van der Waals surface area contributed by atoms with Gasteiger partial charge in [-0.05, 0) is 17.6 Å². The van der Waals surface area contributed by atoms with Crippen molar-refractivity contribution in [2.24, 2.45) is 0 Å². The summed E-state index contributed by atoms with van der Waals surface area (Å²) >= 11 is 0. The highest BCUT2D eigenvalue weighted by molar-refractivity contribution is 7.95. The third-order valence-electron chi connectivity index (χ3n) is 2.71. The fourth-order valence-electron chi connectivity index (χ4n) is 1.60. The quantitative estimate of drug-likeness (QED) is 0.889. The standard InChI is InChI=1S/C14H17N3O2S/c1-11(2)13-10-14(16-15-13)17-20(18,19)9-8-12-6-4-3-5-7-12/h3-11H,1-2H3,(H2,15,16,17)/b9-8+. The Morgan fingerprint density at radius 2 is 1.95 bits per heavy atom. The predicted octanol–water partition coefficient (Wildman–Crippen LogP) is 2.95. The van der Waals surface area contributed by atoms with Gasteiger partial charge in [0, 0.05) is 11.8 Å². The van der Waals surface area contributed by atoms with Gasteiger partial charge in [0.1, 0.15) is 0 Å². The van der Waals surface area contributed by atoms with Crippen LogP contribution in [0.3, 0.4) is 0 Å². The first-order chi connectivity index (χ1) is 9.46. The molecule has 2 aromatic rings. The molecule has 0 atom stereocenters. The molecule has 0 aliphatic heterocycles. The molecule has 1 aromatic carbocycles. The SMILES string of the molecule is CC(C)c1cc(NS(=O)(=O)/C=C/c2ccccc2)n[nH]1. The molecule has 0 amide bonds. The lowest BCUT2D eigenvalue weighted by Crippen LogP contribution is -2.09. The number of hydrogen-bond acceptors (Lipinski definition) is 3. The van der Waals surface area contributed by atoms with E-state index in [1.165, 1.54) is 0 Å². The molecule has 2 N–H and O–H groups in total. The van der Waals surface area contributed by atoms with E-state index in [9.17, 15) is 8.42 Å². The average molecular weight is 291 g/mol. The summed E-state index contributed by atoms with van der Waals surface area (Å²) in [6.45, 7) is 4.00. The Balaban J connectivity index is 2.09. The molecule has 0 saturated heterocycles. The van der Waals surface area contributed by atoms with Crippen LogP contribution in [0.4, 0.5) is 5.82 Å². The molecule has 0 saturated carbocycles. The summed E-state index contributed by atoms with van der Waals surface area (Å²) < 4.78 is 26.2. The molecule has 106 valence electrons. The fourth-order valence-corrected chi connectivity index (χ4v) is 2.40. The molecule has 0 radical (unpaired) electrons. The maximum absolute atomic E-state index is 11.9. The molecule has 0 aliphatic carbocycles. The van der Waals surface area contributed by atoms with E-state index in [1.54, 1.807) is 12.1 Å². The fraction of sp³-hybridized carbons (Fsp3) is 0.214. The zero-order valence-corrected chi connectivity index (χ0v) is 12.2. The summed E-state index contributed by atoms with van der Waals surface area (Å²) in [5.74, 6) is 0.562. The van der Waals surface area contributed by atoms with Gasteiger partial charge in [-0.15, -0.1) is 0 Å². The number of benzene rings is 1. The van der Waals surface area contributed by atoms with Gasteiger partial charge in [-0.1, -0.05) is 44.2 Å². The van der Waals surface area contributed by atoms with Gasteiger partial charge < -0.3 is 0 Å². The monoisotopic (exact) mass is 291 g/mol. The Hall–Kier alpha value is -2.08. The molecule has 0 unspecified atom stereocenters. The topological polar surface area (TPSA) is 74.8 Å². The van der Waals surface area contributed by atoms with E-state index < -0.39 is 10.0 Å². The lowest BCUT2D eigenvalue weighted by Gasteiger charge is -2.00. The molecule has 1 aromatic heterocycles. The number of nitrogens with zero attached hydrogens (tertiary/aromatic N) is 1. The smallest absolute Gasteiger partial charge is 0.256 e. The van der Waals surface area contributed by atoms with Gasteiger partial charge in [0.15, 0.2) is 5.82 Å². The first-order valence-electron chi connectivity index (χ1n) is 6.27. The van der Waals surface area contributed by atoms with Gasteiger partial charge >= 0.3 is 0 Å². The van der Waals surface area contributed by atoms with Gasteiger partial charge in [-0.25, -0.2) is 8.42 Å². The number of aromatic amines is 1. The summed E-state index contributed by atoms with van der Waals surface area (Å²) in [7, 11) is -3.56. The van der Waals surface area contributed by atoms with Crippen LogP contribution in [-0.2, 0) is 10.0 Å². The summed E-state index contributed by atoms with van der Waals surface area (Å²) in [5.41, 5.74) is 1.71. The number of H-pyrrole nitrogens is 1. The average Bonchev–Trinajstić information content (AvgIpc) is 2.86. The first kappa shape index (κ1) is 14.3. The van der Waals surface area contributed by atoms with E-state index in [4.69, 9.17) is 0 Å². The third kappa shape index (κ3) is 3.96. The van der Waals surface area contributed by atoms with Crippen molar-refractivity contribution in [3.05, 3.63) is 53.1 Å². The van der Waals surface area contributed by atoms with Crippen LogP contribution in [-0.4, -0.2) is 18.6 Å². The predicted molar refractivity (Wildman–Crippen MR) is 80.7 cm³/mol. The highest BCUT2D eigenvalue weighted by Crippen LogP contribution is 2.16. The van der Waals surface area contributed by atoms with Gasteiger partial charge in [-0.2, -0.15) is 5.10 Å². The minimum Gasteiger partial charge on any atom is -0.280 e. The normalized spacial score (nSPS) is 12.2. The van der Waals surface area contributed by atoms with Crippen LogP contribution >= 0.6 is 0 Å². The molecule has 0 fully saturated rings. The molecule has 1 heterocycles. The van der Waals surface area contributed by atoms with Crippen molar-refractivity contribution in [3.8, 4) is 0 Å². The zero-order chi connectivity index (χ0) is 14.6. The summed E-state index contributed by atoms with van der Waals surface area (Å²) in [6, 6.07) is 10.9. The Labute approximate surface area is 118 Å². The van der Waals surface area contributed by atoms with Gasteiger partial charge in [0.2, 0.25) is 0 Å². The molecular formula is C14H17N3O2S. The van der Waals surface area contributed by atoms with E-state index >= 15 is 0 Å². The van der Waals surface area contributed by atoms with E-state index in [-0.39, 0.29) is 5.92 Å². The molecular weight excluding hydrogens is 274 g/mol. The van der Waals surface area contributed by atoms with E-state index in [0.29, 0.717) is 5.82 Å². The molecule has 0 aliphatic rings. The van der Waals surface area contributed by atoms with Crippen molar-refractivity contribution < 1.29 is 8.42 Å². The second-order valence-corrected chi connectivity index (χ2v) is 6.29. The minimum atomic E-state index is -3.56. The van der Waals surface area contributed by atoms with Crippen molar-refractivity contribution in [2.45, 2.75) is 19.8 Å². The Bertz CT molecular complexity index is 688. The summed E-state index contributed by atoms with van der Waals surface area (Å²) in [4.78, 5) is 0. The van der Waals surface area contributed by atoms with E-state index in [1.807, 2.05) is 44.2 Å². The van der Waals surface area contributed by atoms with Crippen molar-refractivity contribution in [2.75, 3.05) is 4.72 Å². The maximum atomic E-state index is 11.9. The Kier molecular flexibility index (Phi) is 4.24. The molecule has 20 heavy (non-hydrogen) atoms. The van der Waals surface area contributed by atoms with Gasteiger partial charge in [0.25, 0.3) is 10.0 Å². The highest BCUT2D eigenvalue weighted by Gasteiger charge is 2.10. The Morgan fingerprint density at radius 3 is 2.55 bits per heavy atom. The lowest BCUT2D eigenvalue weighted by atomic mass is 10.1. The molecule has 0 bridgehead atoms. The van der Waals surface area contributed by atoms with Crippen LogP contribution < -0.4 is 4.72 Å². The van der Waals surface area contributed by atoms with Crippen molar-refractivity contribution in [1.29, 1.82) is 0 Å². The number of hydrogen-bond donors (Lipinski definition) is 2. The van der Waals surface area contributed by atoms with Crippen LogP contribution in [0, 0.1) is 0 Å². The van der Waals surface area contributed by atoms with Crippen molar-refractivity contribution in [3.63, 3.8) is 0 Å². The molecule has 5 nitrogen and oxygen atoms in total. The highest BCUT2D eigenvalue weighted by atomic mass is 32.2. The number of nitrogens with one attached hydrogen (secondary N) is 2. The lowest BCUT2D eigenvalue weighted by molar-refractivity contribution is 0.609. The van der Waals surface area contributed by atoms with Crippen molar-refractivity contribution >= 4 is 21.9 Å². The third-order valence-corrected chi connectivity index (χ3v) is 3.69. The summed E-state index contributed by atoms with van der Waals surface area (Å²) in [6.07, 6.45) is 1.54. The summed E-state index contributed by atoms with van der Waals surface area (Å²) in [5, 5.41) is 7.86. The van der Waals surface area contributed by atoms with Crippen LogP contribution in [0.2, 0.25) is 0 Å². The Morgan fingerprint density at radius 1 is 1.25 bits per heavy atom. The van der Waals surface area contributed by atoms with E-state index in [0.717, 1.165) is 16.7 Å². The number of aromatic nitrogens is 2. The van der Waals surface area contributed by atoms with E-state index in [2.05, 4.69) is 14.9 Å². The van der Waals surface area contributed by atoms with Crippen LogP contribution in [0.1, 0.15) is 31.0 Å². The van der Waals surface area contributed by atoms with Crippen LogP contribution in [0.5, 0.6) is 0 Å². The van der Waals surface area contributed by atoms with Crippen LogP contribution in [0.15, 0.2) is 41.8 Å². The number of sulfonamides is 1. The van der Waals surface area contributed by atoms with Gasteiger partial charge in [-0.3, -0.25) is 9.82 Å². The molecule has 6 heteroatoms. The number of anilines is 1. The first-order valence-corrected chi connectivity index (χ1v) is 7.82. The second-order valence-electron chi connectivity index (χ2n) is 4.72. The molecule has 2 rings (SSSR count). The number of rotatable bonds is 5. The minimum absolute atomic E-state index is 0.264. The second kappa shape index (κ2) is 5.92.